The average molecular weight is 412 g/mol. The van der Waals surface area contributed by atoms with Crippen LogP contribution in [0.5, 0.6) is 5.75 Å². The molecule has 0 aromatic heterocycles. The molecule has 1 fully saturated rings. The minimum Gasteiger partial charge on any atom is -0.496 e. The van der Waals surface area contributed by atoms with Gasteiger partial charge >= 0.3 is 11.8 Å². The summed E-state index contributed by atoms with van der Waals surface area (Å²) in [6.45, 7) is 1.53. The number of hydrogen-bond acceptors (Lipinski definition) is 5. The van der Waals surface area contributed by atoms with Crippen molar-refractivity contribution in [3.63, 3.8) is 0 Å². The van der Waals surface area contributed by atoms with Gasteiger partial charge in [-0.1, -0.05) is 18.2 Å². The van der Waals surface area contributed by atoms with Crippen molar-refractivity contribution in [2.75, 3.05) is 51.2 Å². The molecule has 0 radical (unpaired) electrons. The molecule has 2 N–H and O–H groups in total. The first-order valence-electron chi connectivity index (χ1n) is 10.0. The Kier molecular flexibility index (Phi) is 6.95. The van der Waals surface area contributed by atoms with Crippen LogP contribution in [0.25, 0.3) is 0 Å². The molecule has 3 rings (SSSR count). The molecular weight excluding hydrogens is 382 g/mol. The fourth-order valence-electron chi connectivity index (χ4n) is 3.75. The van der Waals surface area contributed by atoms with E-state index in [2.05, 4.69) is 10.6 Å². The zero-order chi connectivity index (χ0) is 21.6. The van der Waals surface area contributed by atoms with E-state index in [1.807, 2.05) is 55.4 Å². The highest BCUT2D eigenvalue weighted by Gasteiger charge is 2.37. The Morgan fingerprint density at radius 2 is 1.70 bits per heavy atom. The number of hydrogen-bond donors (Lipinski definition) is 2. The van der Waals surface area contributed by atoms with Crippen LogP contribution < -0.4 is 20.3 Å². The van der Waals surface area contributed by atoms with Gasteiger partial charge in [0.1, 0.15) is 5.75 Å². The number of nitrogens with one attached hydrogen (secondary N) is 2. The second-order valence-corrected chi connectivity index (χ2v) is 7.67. The highest BCUT2D eigenvalue weighted by molar-refractivity contribution is 6.39. The number of benzene rings is 2. The van der Waals surface area contributed by atoms with Gasteiger partial charge in [0.2, 0.25) is 0 Å². The van der Waals surface area contributed by atoms with Crippen LogP contribution in [0.4, 0.5) is 11.4 Å². The maximum Gasteiger partial charge on any atom is 0.313 e. The highest BCUT2D eigenvalue weighted by atomic mass is 16.5. The number of carbonyl (C=O) groups excluding carboxylic acids is 2. The van der Waals surface area contributed by atoms with Crippen molar-refractivity contribution in [2.24, 2.45) is 0 Å². The maximum absolute atomic E-state index is 12.5. The van der Waals surface area contributed by atoms with Gasteiger partial charge in [0.05, 0.1) is 7.11 Å². The first kappa shape index (κ1) is 21.6. The van der Waals surface area contributed by atoms with E-state index in [1.54, 1.807) is 19.2 Å². The Bertz CT molecular complexity index is 874. The molecule has 0 unspecified atom stereocenters. The fraction of sp³-hybridized carbons (Fsp3) is 0.391. The number of nitrogens with zero attached hydrogens (tertiary/aromatic N) is 1. The van der Waals surface area contributed by atoms with Crippen molar-refractivity contribution in [3.8, 4) is 5.75 Å². The first-order valence-corrected chi connectivity index (χ1v) is 10.0. The van der Waals surface area contributed by atoms with Gasteiger partial charge in [-0.3, -0.25) is 9.59 Å². The zero-order valence-electron chi connectivity index (χ0n) is 17.7. The fourth-order valence-corrected chi connectivity index (χ4v) is 3.75. The summed E-state index contributed by atoms with van der Waals surface area (Å²) in [6, 6.07) is 15.1. The molecule has 0 atom stereocenters. The van der Waals surface area contributed by atoms with E-state index < -0.39 is 11.8 Å². The molecule has 160 valence electrons. The normalized spacial score (nSPS) is 15.2. The summed E-state index contributed by atoms with van der Waals surface area (Å²) in [7, 11) is 5.52. The summed E-state index contributed by atoms with van der Waals surface area (Å²) >= 11 is 0. The van der Waals surface area contributed by atoms with Crippen molar-refractivity contribution < 1.29 is 19.1 Å². The molecule has 2 aromatic rings. The summed E-state index contributed by atoms with van der Waals surface area (Å²) in [4.78, 5) is 26.8. The van der Waals surface area contributed by atoms with Gasteiger partial charge in [-0.05, 0) is 43.2 Å². The monoisotopic (exact) mass is 411 g/mol. The van der Waals surface area contributed by atoms with Gasteiger partial charge in [-0.2, -0.15) is 0 Å². The molecule has 7 heteroatoms. The lowest BCUT2D eigenvalue weighted by Gasteiger charge is -2.38. The summed E-state index contributed by atoms with van der Waals surface area (Å²) in [5.41, 5.74) is 2.27. The van der Waals surface area contributed by atoms with Crippen molar-refractivity contribution in [1.29, 1.82) is 0 Å². The Morgan fingerprint density at radius 1 is 1.03 bits per heavy atom. The van der Waals surface area contributed by atoms with Gasteiger partial charge in [0, 0.05) is 56.2 Å². The lowest BCUT2D eigenvalue weighted by Crippen LogP contribution is -2.47. The van der Waals surface area contributed by atoms with Crippen LogP contribution in [0.1, 0.15) is 18.4 Å². The smallest absolute Gasteiger partial charge is 0.313 e. The van der Waals surface area contributed by atoms with Crippen LogP contribution in [0.2, 0.25) is 0 Å². The van der Waals surface area contributed by atoms with E-state index in [9.17, 15) is 9.59 Å². The van der Waals surface area contributed by atoms with Crippen LogP contribution in [0.3, 0.4) is 0 Å². The largest absolute Gasteiger partial charge is 0.496 e. The van der Waals surface area contributed by atoms with E-state index in [0.717, 1.165) is 29.8 Å². The van der Waals surface area contributed by atoms with E-state index in [1.165, 1.54) is 0 Å². The van der Waals surface area contributed by atoms with Gasteiger partial charge in [0.15, 0.2) is 0 Å². The molecule has 30 heavy (non-hydrogen) atoms. The topological polar surface area (TPSA) is 79.9 Å². The number of methoxy groups -OCH3 is 1. The van der Waals surface area contributed by atoms with Crippen LogP contribution in [-0.4, -0.2) is 52.8 Å². The Morgan fingerprint density at radius 3 is 2.33 bits per heavy atom. The van der Waals surface area contributed by atoms with Crippen molar-refractivity contribution in [3.05, 3.63) is 54.1 Å². The first-order chi connectivity index (χ1) is 14.4. The Labute approximate surface area is 177 Å². The lowest BCUT2D eigenvalue weighted by molar-refractivity contribution is -0.136. The third-order valence-corrected chi connectivity index (χ3v) is 5.56. The highest BCUT2D eigenvalue weighted by Crippen LogP contribution is 2.39. The number of rotatable bonds is 6. The minimum atomic E-state index is -0.685. The summed E-state index contributed by atoms with van der Waals surface area (Å²) < 4.78 is 11.1. The summed E-state index contributed by atoms with van der Waals surface area (Å²) in [5, 5.41) is 5.47. The quantitative estimate of drug-likeness (QED) is 0.715. The number of para-hydroxylation sites is 1. The predicted molar refractivity (Wildman–Crippen MR) is 117 cm³/mol. The molecule has 1 heterocycles. The van der Waals surface area contributed by atoms with E-state index >= 15 is 0 Å². The molecule has 1 aliphatic heterocycles. The van der Waals surface area contributed by atoms with Gasteiger partial charge in [-0.25, -0.2) is 0 Å². The van der Waals surface area contributed by atoms with E-state index in [4.69, 9.17) is 9.47 Å². The molecule has 2 aromatic carbocycles. The third-order valence-electron chi connectivity index (χ3n) is 5.56. The van der Waals surface area contributed by atoms with Crippen molar-refractivity contribution in [1.82, 2.24) is 5.32 Å². The molecule has 0 aliphatic carbocycles. The SMILES string of the molecule is COc1ccccc1C1(CNC(=O)C(=O)Nc2ccc(N(C)C)cc2)CCOCC1. The minimum absolute atomic E-state index is 0.336. The van der Waals surface area contributed by atoms with Gasteiger partial charge in [-0.15, -0.1) is 0 Å². The number of amides is 2. The molecule has 0 saturated carbocycles. The van der Waals surface area contributed by atoms with Gasteiger partial charge in [0.25, 0.3) is 0 Å². The lowest BCUT2D eigenvalue weighted by atomic mass is 9.73. The molecule has 1 saturated heterocycles. The second-order valence-electron chi connectivity index (χ2n) is 7.67. The Balaban J connectivity index is 1.67. The Hall–Kier alpha value is -3.06. The van der Waals surface area contributed by atoms with Crippen LogP contribution in [-0.2, 0) is 19.7 Å². The van der Waals surface area contributed by atoms with Crippen molar-refractivity contribution >= 4 is 23.2 Å². The average Bonchev–Trinajstić information content (AvgIpc) is 2.78. The summed E-state index contributed by atoms with van der Waals surface area (Å²) in [5.74, 6) is -0.568. The predicted octanol–water partition coefficient (Wildman–Crippen LogP) is 2.56. The van der Waals surface area contributed by atoms with E-state index in [0.29, 0.717) is 25.4 Å². The number of ether oxygens (including phenoxy) is 2. The molecule has 0 spiro atoms. The van der Waals surface area contributed by atoms with E-state index in [-0.39, 0.29) is 5.41 Å². The molecule has 0 bridgehead atoms. The maximum atomic E-state index is 12.5. The number of anilines is 2. The van der Waals surface area contributed by atoms with Gasteiger partial charge < -0.3 is 25.0 Å². The molecule has 1 aliphatic rings. The standard InChI is InChI=1S/C23H29N3O4/c1-26(2)18-10-8-17(9-11-18)25-22(28)21(27)24-16-23(12-14-30-15-13-23)19-6-4-5-7-20(19)29-3/h4-11H,12-16H2,1-3H3,(H,24,27)(H,25,28). The molecule has 2 amide bonds. The van der Waals surface area contributed by atoms with Crippen LogP contribution >= 0.6 is 0 Å². The second kappa shape index (κ2) is 9.63. The number of carbonyl (C=O) groups is 2. The zero-order valence-corrected chi connectivity index (χ0v) is 17.7. The van der Waals surface area contributed by atoms with Crippen molar-refractivity contribution in [2.45, 2.75) is 18.3 Å². The molecule has 7 nitrogen and oxygen atoms in total. The van der Waals surface area contributed by atoms with Crippen LogP contribution in [0, 0.1) is 0 Å². The van der Waals surface area contributed by atoms with Crippen LogP contribution in [0.15, 0.2) is 48.5 Å². The third kappa shape index (κ3) is 4.91. The summed E-state index contributed by atoms with van der Waals surface area (Å²) in [6.07, 6.45) is 1.47. The molecular formula is C23H29N3O4.